The van der Waals surface area contributed by atoms with Crippen molar-refractivity contribution in [3.8, 4) is 0 Å². The summed E-state index contributed by atoms with van der Waals surface area (Å²) in [6, 6.07) is 6.34. The molecule has 6 nitrogen and oxygen atoms in total. The van der Waals surface area contributed by atoms with Crippen LogP contribution in [0.4, 0.5) is 10.5 Å². The number of hydrogen-bond donors (Lipinski definition) is 3. The topological polar surface area (TPSA) is 95.5 Å². The van der Waals surface area contributed by atoms with Gasteiger partial charge in [-0.05, 0) is 23.8 Å². The van der Waals surface area contributed by atoms with E-state index in [1.807, 2.05) is 0 Å². The van der Waals surface area contributed by atoms with Gasteiger partial charge in [-0.25, -0.2) is 9.59 Å². The third-order valence-electron chi connectivity index (χ3n) is 2.26. The summed E-state index contributed by atoms with van der Waals surface area (Å²) in [5.41, 5.74) is 1.31. The SMILES string of the molecule is CS(=O)CCNC(=O)Nc1ccc(/C=C/C(=O)O)cc1. The Bertz CT molecular complexity index is 526. The van der Waals surface area contributed by atoms with Gasteiger partial charge in [0.2, 0.25) is 0 Å². The number of anilines is 1. The number of carbonyl (C=O) groups is 2. The zero-order valence-electron chi connectivity index (χ0n) is 11.0. The van der Waals surface area contributed by atoms with Crippen molar-refractivity contribution >= 4 is 34.6 Å². The lowest BCUT2D eigenvalue weighted by molar-refractivity contribution is -0.131. The van der Waals surface area contributed by atoms with Gasteiger partial charge >= 0.3 is 12.0 Å². The maximum absolute atomic E-state index is 11.5. The zero-order valence-corrected chi connectivity index (χ0v) is 11.8. The maximum Gasteiger partial charge on any atom is 0.328 e. The Labute approximate surface area is 119 Å². The monoisotopic (exact) mass is 296 g/mol. The highest BCUT2D eigenvalue weighted by Gasteiger charge is 2.01. The summed E-state index contributed by atoms with van der Waals surface area (Å²) in [7, 11) is -0.936. The van der Waals surface area contributed by atoms with Gasteiger partial charge in [0, 0.05) is 41.1 Å². The van der Waals surface area contributed by atoms with E-state index < -0.39 is 16.8 Å². The number of urea groups is 1. The lowest BCUT2D eigenvalue weighted by atomic mass is 10.2. The molecule has 1 aromatic rings. The van der Waals surface area contributed by atoms with Crippen LogP contribution in [0, 0.1) is 0 Å². The Morgan fingerprint density at radius 2 is 1.95 bits per heavy atom. The molecule has 0 aliphatic rings. The summed E-state index contributed by atoms with van der Waals surface area (Å²) in [5, 5.41) is 13.7. The van der Waals surface area contributed by atoms with Gasteiger partial charge in [-0.3, -0.25) is 4.21 Å². The van der Waals surface area contributed by atoms with Crippen molar-refractivity contribution in [2.75, 3.05) is 23.9 Å². The summed E-state index contributed by atoms with van der Waals surface area (Å²) in [6.07, 6.45) is 4.08. The minimum atomic E-state index is -1.01. The number of benzene rings is 1. The van der Waals surface area contributed by atoms with E-state index in [0.717, 1.165) is 11.6 Å². The fourth-order valence-electron chi connectivity index (χ4n) is 1.33. The molecule has 0 saturated carbocycles. The first-order chi connectivity index (χ1) is 9.47. The van der Waals surface area contributed by atoms with Crippen LogP contribution in [0.3, 0.4) is 0 Å². The van der Waals surface area contributed by atoms with Gasteiger partial charge in [-0.2, -0.15) is 0 Å². The zero-order chi connectivity index (χ0) is 15.0. The molecule has 0 aliphatic heterocycles. The van der Waals surface area contributed by atoms with Gasteiger partial charge in [0.15, 0.2) is 0 Å². The van der Waals surface area contributed by atoms with E-state index in [1.54, 1.807) is 30.5 Å². The third kappa shape index (κ3) is 6.69. The maximum atomic E-state index is 11.5. The van der Waals surface area contributed by atoms with Crippen LogP contribution in [-0.4, -0.2) is 39.9 Å². The molecule has 20 heavy (non-hydrogen) atoms. The fraction of sp³-hybridized carbons (Fsp3) is 0.231. The van der Waals surface area contributed by atoms with Crippen molar-refractivity contribution in [1.29, 1.82) is 0 Å². The van der Waals surface area contributed by atoms with Crippen LogP contribution in [0.25, 0.3) is 6.08 Å². The lowest BCUT2D eigenvalue weighted by Crippen LogP contribution is -2.31. The van der Waals surface area contributed by atoms with E-state index in [4.69, 9.17) is 5.11 Å². The fourth-order valence-corrected chi connectivity index (χ4v) is 1.72. The molecule has 0 spiro atoms. The van der Waals surface area contributed by atoms with Gasteiger partial charge in [0.25, 0.3) is 0 Å². The number of hydrogen-bond acceptors (Lipinski definition) is 3. The van der Waals surface area contributed by atoms with Gasteiger partial charge in [0.1, 0.15) is 0 Å². The standard InChI is InChI=1S/C13H16N2O4S/c1-20(19)9-8-14-13(18)15-11-5-2-10(3-6-11)4-7-12(16)17/h2-7H,8-9H2,1H3,(H,16,17)(H2,14,15,18)/b7-4+. The number of nitrogens with one attached hydrogen (secondary N) is 2. The summed E-state index contributed by atoms with van der Waals surface area (Å²) in [6.45, 7) is 0.342. The highest BCUT2D eigenvalue weighted by molar-refractivity contribution is 7.84. The summed E-state index contributed by atoms with van der Waals surface area (Å²) in [4.78, 5) is 21.8. The van der Waals surface area contributed by atoms with Crippen LogP contribution in [0.1, 0.15) is 5.56 Å². The molecule has 3 N–H and O–H groups in total. The molecule has 0 bridgehead atoms. The first-order valence-corrected chi connectivity index (χ1v) is 7.56. The van der Waals surface area contributed by atoms with Gasteiger partial charge in [-0.15, -0.1) is 0 Å². The Balaban J connectivity index is 2.46. The van der Waals surface area contributed by atoms with Crippen molar-refractivity contribution in [3.63, 3.8) is 0 Å². The molecule has 1 unspecified atom stereocenters. The highest BCUT2D eigenvalue weighted by atomic mass is 32.2. The van der Waals surface area contributed by atoms with Crippen LogP contribution in [0.15, 0.2) is 30.3 Å². The molecule has 0 aliphatic carbocycles. The van der Waals surface area contributed by atoms with E-state index in [1.165, 1.54) is 6.08 Å². The van der Waals surface area contributed by atoms with Gasteiger partial charge < -0.3 is 15.7 Å². The van der Waals surface area contributed by atoms with Crippen molar-refractivity contribution < 1.29 is 18.9 Å². The van der Waals surface area contributed by atoms with E-state index in [2.05, 4.69) is 10.6 Å². The average Bonchev–Trinajstić information content (AvgIpc) is 2.37. The number of carbonyl (C=O) groups excluding carboxylic acids is 1. The second-order valence-corrected chi connectivity index (χ2v) is 5.51. The van der Waals surface area contributed by atoms with E-state index in [9.17, 15) is 13.8 Å². The second kappa shape index (κ2) is 8.11. The Morgan fingerprint density at radius 1 is 1.30 bits per heavy atom. The third-order valence-corrected chi connectivity index (χ3v) is 3.04. The molecular weight excluding hydrogens is 280 g/mol. The quantitative estimate of drug-likeness (QED) is 0.689. The summed E-state index contributed by atoms with van der Waals surface area (Å²) >= 11 is 0. The first kappa shape index (κ1) is 15.9. The van der Waals surface area contributed by atoms with Crippen molar-refractivity contribution in [1.82, 2.24) is 5.32 Å². The van der Waals surface area contributed by atoms with Crippen molar-refractivity contribution in [2.45, 2.75) is 0 Å². The Kier molecular flexibility index (Phi) is 6.45. The molecule has 0 aromatic heterocycles. The second-order valence-electron chi connectivity index (χ2n) is 3.95. The largest absolute Gasteiger partial charge is 0.478 e. The molecule has 0 saturated heterocycles. The summed E-state index contributed by atoms with van der Waals surface area (Å²) < 4.78 is 10.8. The Morgan fingerprint density at radius 3 is 2.50 bits per heavy atom. The smallest absolute Gasteiger partial charge is 0.328 e. The van der Waals surface area contributed by atoms with Gasteiger partial charge in [0.05, 0.1) is 0 Å². The highest BCUT2D eigenvalue weighted by Crippen LogP contribution is 2.10. The van der Waals surface area contributed by atoms with Crippen LogP contribution in [0.2, 0.25) is 0 Å². The molecule has 1 aromatic carbocycles. The lowest BCUT2D eigenvalue weighted by Gasteiger charge is -2.07. The van der Waals surface area contributed by atoms with Crippen LogP contribution >= 0.6 is 0 Å². The van der Waals surface area contributed by atoms with Crippen LogP contribution in [0.5, 0.6) is 0 Å². The summed E-state index contributed by atoms with van der Waals surface area (Å²) in [5.74, 6) is -0.605. The molecule has 108 valence electrons. The molecule has 0 heterocycles. The molecule has 2 amide bonds. The number of aliphatic carboxylic acids is 1. The number of carboxylic acid groups (broad SMARTS) is 1. The van der Waals surface area contributed by atoms with E-state index in [0.29, 0.717) is 18.0 Å². The minimum Gasteiger partial charge on any atom is -0.478 e. The predicted molar refractivity (Wildman–Crippen MR) is 79.1 cm³/mol. The molecule has 0 radical (unpaired) electrons. The predicted octanol–water partition coefficient (Wildman–Crippen LogP) is 1.28. The molecule has 0 fully saturated rings. The molecular formula is C13H16N2O4S. The molecule has 1 atom stereocenters. The molecule has 1 rings (SSSR count). The number of carboxylic acids is 1. The van der Waals surface area contributed by atoms with Crippen LogP contribution in [-0.2, 0) is 15.6 Å². The van der Waals surface area contributed by atoms with Gasteiger partial charge in [-0.1, -0.05) is 12.1 Å². The molecule has 7 heteroatoms. The normalized spacial score (nSPS) is 12.1. The van der Waals surface area contributed by atoms with Crippen molar-refractivity contribution in [3.05, 3.63) is 35.9 Å². The average molecular weight is 296 g/mol. The number of rotatable bonds is 6. The Hall–Kier alpha value is -2.15. The minimum absolute atomic E-state index is 0.342. The van der Waals surface area contributed by atoms with Crippen molar-refractivity contribution in [2.24, 2.45) is 0 Å². The number of amides is 2. The van der Waals surface area contributed by atoms with E-state index in [-0.39, 0.29) is 6.03 Å². The van der Waals surface area contributed by atoms with E-state index >= 15 is 0 Å². The first-order valence-electron chi connectivity index (χ1n) is 5.83. The van der Waals surface area contributed by atoms with Crippen LogP contribution < -0.4 is 10.6 Å².